The van der Waals surface area contributed by atoms with Crippen LogP contribution in [-0.4, -0.2) is 13.2 Å². The van der Waals surface area contributed by atoms with Crippen molar-refractivity contribution in [2.45, 2.75) is 52.4 Å². The molecule has 0 atom stereocenters. The fourth-order valence-corrected chi connectivity index (χ4v) is 1.60. The Balaban J connectivity index is 0.000000356. The van der Waals surface area contributed by atoms with Crippen LogP contribution in [0.3, 0.4) is 0 Å². The highest BCUT2D eigenvalue weighted by atomic mass is 16.5. The van der Waals surface area contributed by atoms with Crippen molar-refractivity contribution < 1.29 is 4.74 Å². The van der Waals surface area contributed by atoms with Gasteiger partial charge in [0.25, 0.3) is 0 Å². The topological polar surface area (TPSA) is 9.23 Å². The number of rotatable bonds is 9. The van der Waals surface area contributed by atoms with Gasteiger partial charge in [0.05, 0.1) is 0 Å². The minimum Gasteiger partial charge on any atom is -0.381 e. The van der Waals surface area contributed by atoms with E-state index in [1.807, 2.05) is 36.4 Å². The van der Waals surface area contributed by atoms with E-state index < -0.39 is 0 Å². The standard InChI is InChI=1S/C10H22O.C8H8/c1-3-5-7-9-11-10-8-6-4-2;1-2-8-6-4-3-5-7-8/h3-10H2,1-2H3;2-7H,1H2. The zero-order valence-corrected chi connectivity index (χ0v) is 12.7. The lowest BCUT2D eigenvalue weighted by molar-refractivity contribution is 0.126. The van der Waals surface area contributed by atoms with Gasteiger partial charge in [-0.25, -0.2) is 0 Å². The Labute approximate surface area is 119 Å². The van der Waals surface area contributed by atoms with Gasteiger partial charge in [-0.3, -0.25) is 0 Å². The second-order valence-electron chi connectivity index (χ2n) is 4.64. The Morgan fingerprint density at radius 3 is 1.79 bits per heavy atom. The average Bonchev–Trinajstić information content (AvgIpc) is 2.48. The van der Waals surface area contributed by atoms with Crippen molar-refractivity contribution in [3.8, 4) is 0 Å². The maximum absolute atomic E-state index is 5.44. The largest absolute Gasteiger partial charge is 0.381 e. The summed E-state index contributed by atoms with van der Waals surface area (Å²) in [7, 11) is 0. The van der Waals surface area contributed by atoms with Gasteiger partial charge in [-0.2, -0.15) is 0 Å². The third kappa shape index (κ3) is 13.2. The van der Waals surface area contributed by atoms with Crippen LogP contribution in [0.1, 0.15) is 57.9 Å². The summed E-state index contributed by atoms with van der Waals surface area (Å²) in [5.41, 5.74) is 1.17. The summed E-state index contributed by atoms with van der Waals surface area (Å²) in [5.74, 6) is 0. The molecule has 0 spiro atoms. The van der Waals surface area contributed by atoms with Crippen molar-refractivity contribution in [3.63, 3.8) is 0 Å². The molecule has 1 nitrogen and oxygen atoms in total. The predicted molar refractivity (Wildman–Crippen MR) is 86.4 cm³/mol. The van der Waals surface area contributed by atoms with Crippen molar-refractivity contribution in [2.75, 3.05) is 13.2 Å². The molecule has 1 aromatic carbocycles. The second kappa shape index (κ2) is 15.0. The molecule has 0 aromatic heterocycles. The van der Waals surface area contributed by atoms with Crippen molar-refractivity contribution in [3.05, 3.63) is 42.5 Å². The van der Waals surface area contributed by atoms with E-state index in [9.17, 15) is 0 Å². The molecular weight excluding hydrogens is 232 g/mol. The van der Waals surface area contributed by atoms with Crippen LogP contribution in [0.5, 0.6) is 0 Å². The molecule has 19 heavy (non-hydrogen) atoms. The molecule has 0 N–H and O–H groups in total. The molecule has 0 amide bonds. The highest BCUT2D eigenvalue weighted by Gasteiger charge is 1.88. The second-order valence-corrected chi connectivity index (χ2v) is 4.64. The van der Waals surface area contributed by atoms with Crippen molar-refractivity contribution in [1.29, 1.82) is 0 Å². The highest BCUT2D eigenvalue weighted by molar-refractivity contribution is 5.45. The van der Waals surface area contributed by atoms with E-state index in [1.54, 1.807) is 0 Å². The van der Waals surface area contributed by atoms with Crippen LogP contribution >= 0.6 is 0 Å². The number of ether oxygens (including phenoxy) is 1. The first-order valence-corrected chi connectivity index (χ1v) is 7.60. The fourth-order valence-electron chi connectivity index (χ4n) is 1.60. The third-order valence-electron chi connectivity index (χ3n) is 2.82. The summed E-state index contributed by atoms with van der Waals surface area (Å²) in [4.78, 5) is 0. The lowest BCUT2D eigenvalue weighted by Gasteiger charge is -2.01. The molecule has 0 saturated heterocycles. The normalized spacial score (nSPS) is 9.58. The fraction of sp³-hybridized carbons (Fsp3) is 0.556. The maximum atomic E-state index is 5.44. The van der Waals surface area contributed by atoms with E-state index in [1.165, 1.54) is 44.1 Å². The van der Waals surface area contributed by atoms with Gasteiger partial charge in [-0.15, -0.1) is 0 Å². The smallest absolute Gasteiger partial charge is 0.0466 e. The molecule has 0 radical (unpaired) electrons. The maximum Gasteiger partial charge on any atom is 0.0466 e. The molecule has 0 aliphatic carbocycles. The number of benzene rings is 1. The van der Waals surface area contributed by atoms with Gasteiger partial charge in [0.1, 0.15) is 0 Å². The van der Waals surface area contributed by atoms with Gasteiger partial charge in [0.15, 0.2) is 0 Å². The van der Waals surface area contributed by atoms with Gasteiger partial charge in [-0.05, 0) is 18.4 Å². The Kier molecular flexibility index (Phi) is 14.1. The molecule has 1 aromatic rings. The van der Waals surface area contributed by atoms with Crippen molar-refractivity contribution >= 4 is 6.08 Å². The molecule has 0 aliphatic rings. The first-order valence-electron chi connectivity index (χ1n) is 7.60. The molecule has 1 rings (SSSR count). The van der Waals surface area contributed by atoms with Gasteiger partial charge < -0.3 is 4.74 Å². The van der Waals surface area contributed by atoms with Gasteiger partial charge in [-0.1, -0.05) is 82.5 Å². The summed E-state index contributed by atoms with van der Waals surface area (Å²) in [6.45, 7) is 10.0. The molecule has 0 heterocycles. The average molecular weight is 262 g/mol. The van der Waals surface area contributed by atoms with E-state index in [2.05, 4.69) is 20.4 Å². The molecule has 108 valence electrons. The Bertz CT molecular complexity index is 271. The van der Waals surface area contributed by atoms with Crippen molar-refractivity contribution in [1.82, 2.24) is 0 Å². The number of hydrogen-bond donors (Lipinski definition) is 0. The summed E-state index contributed by atoms with van der Waals surface area (Å²) in [6, 6.07) is 10.0. The monoisotopic (exact) mass is 262 g/mol. The summed E-state index contributed by atoms with van der Waals surface area (Å²) in [6.07, 6.45) is 9.52. The zero-order chi connectivity index (χ0) is 14.2. The van der Waals surface area contributed by atoms with Crippen LogP contribution in [0.15, 0.2) is 36.9 Å². The van der Waals surface area contributed by atoms with Crippen molar-refractivity contribution in [2.24, 2.45) is 0 Å². The lowest BCUT2D eigenvalue weighted by Crippen LogP contribution is -1.96. The Morgan fingerprint density at radius 2 is 1.42 bits per heavy atom. The minimum atomic E-state index is 0.970. The predicted octanol–water partition coefficient (Wildman–Crippen LogP) is 5.71. The van der Waals surface area contributed by atoms with Gasteiger partial charge >= 0.3 is 0 Å². The molecule has 1 heteroatoms. The number of hydrogen-bond acceptors (Lipinski definition) is 1. The first kappa shape index (κ1) is 17.9. The van der Waals surface area contributed by atoms with E-state index in [0.717, 1.165) is 13.2 Å². The van der Waals surface area contributed by atoms with E-state index >= 15 is 0 Å². The van der Waals surface area contributed by atoms with E-state index in [4.69, 9.17) is 4.74 Å². The Hall–Kier alpha value is -1.08. The molecule has 0 fully saturated rings. The quantitative estimate of drug-likeness (QED) is 0.518. The molecular formula is C18H30O. The molecule has 0 saturated carbocycles. The third-order valence-corrected chi connectivity index (χ3v) is 2.82. The lowest BCUT2D eigenvalue weighted by atomic mass is 10.2. The first-order chi connectivity index (χ1) is 9.35. The minimum absolute atomic E-state index is 0.970. The summed E-state index contributed by atoms with van der Waals surface area (Å²) in [5, 5.41) is 0. The Morgan fingerprint density at radius 1 is 0.895 bits per heavy atom. The SMILES string of the molecule is C=Cc1ccccc1.CCCCCOCCCCC. The van der Waals surface area contributed by atoms with Crippen LogP contribution in [0.4, 0.5) is 0 Å². The van der Waals surface area contributed by atoms with Gasteiger partial charge in [0.2, 0.25) is 0 Å². The summed E-state index contributed by atoms with van der Waals surface area (Å²) < 4.78 is 5.44. The molecule has 0 aliphatic heterocycles. The van der Waals surface area contributed by atoms with Crippen LogP contribution in [-0.2, 0) is 4.74 Å². The zero-order valence-electron chi connectivity index (χ0n) is 12.7. The van der Waals surface area contributed by atoms with Crippen LogP contribution in [0, 0.1) is 0 Å². The molecule has 0 unspecified atom stereocenters. The van der Waals surface area contributed by atoms with Gasteiger partial charge in [0, 0.05) is 13.2 Å². The number of unbranched alkanes of at least 4 members (excludes halogenated alkanes) is 4. The van der Waals surface area contributed by atoms with Crippen LogP contribution in [0.25, 0.3) is 6.08 Å². The van der Waals surface area contributed by atoms with E-state index in [-0.39, 0.29) is 0 Å². The van der Waals surface area contributed by atoms with Crippen LogP contribution in [0.2, 0.25) is 0 Å². The van der Waals surface area contributed by atoms with Crippen LogP contribution < -0.4 is 0 Å². The van der Waals surface area contributed by atoms with E-state index in [0.29, 0.717) is 0 Å². The summed E-state index contributed by atoms with van der Waals surface area (Å²) >= 11 is 0. The highest BCUT2D eigenvalue weighted by Crippen LogP contribution is 1.98. The molecule has 0 bridgehead atoms.